The highest BCUT2D eigenvalue weighted by Crippen LogP contribution is 2.20. The second-order valence-electron chi connectivity index (χ2n) is 3.55. The molecule has 0 aliphatic carbocycles. The lowest BCUT2D eigenvalue weighted by molar-refractivity contribution is 0.110. The molecule has 0 spiro atoms. The number of fused-ring (bicyclic) bond motifs is 1. The van der Waals surface area contributed by atoms with Gasteiger partial charge in [-0.1, -0.05) is 30.3 Å². The zero-order valence-electron chi connectivity index (χ0n) is 9.48. The first-order valence-corrected chi connectivity index (χ1v) is 5.59. The van der Waals surface area contributed by atoms with E-state index in [2.05, 4.69) is 24.3 Å². The summed E-state index contributed by atoms with van der Waals surface area (Å²) in [6.45, 7) is 3.96. The third-order valence-electron chi connectivity index (χ3n) is 2.42. The Kier molecular flexibility index (Phi) is 3.78. The summed E-state index contributed by atoms with van der Waals surface area (Å²) in [6.07, 6.45) is 0. The zero-order chi connectivity index (χ0) is 11.2. The fourth-order valence-electron chi connectivity index (χ4n) is 1.62. The van der Waals surface area contributed by atoms with Gasteiger partial charge in [-0.15, -0.1) is 0 Å². The molecule has 0 radical (unpaired) electrons. The number of hydrogen-bond acceptors (Lipinski definition) is 2. The van der Waals surface area contributed by atoms with Crippen molar-refractivity contribution in [1.29, 1.82) is 0 Å². The normalized spacial score (nSPS) is 10.6. The summed E-state index contributed by atoms with van der Waals surface area (Å²) >= 11 is 0. The van der Waals surface area contributed by atoms with Crippen LogP contribution in [0.4, 0.5) is 0 Å². The van der Waals surface area contributed by atoms with Gasteiger partial charge in [0.1, 0.15) is 12.4 Å². The SMILES string of the molecule is CCOCCOc1ccc2ccccc2c1. The minimum atomic E-state index is 0.603. The second-order valence-corrected chi connectivity index (χ2v) is 3.55. The summed E-state index contributed by atoms with van der Waals surface area (Å²) in [5.74, 6) is 0.901. The molecule has 0 fully saturated rings. The minimum Gasteiger partial charge on any atom is -0.491 e. The fraction of sp³-hybridized carbons (Fsp3) is 0.286. The van der Waals surface area contributed by atoms with Crippen LogP contribution < -0.4 is 4.74 Å². The Morgan fingerprint density at radius 1 is 0.938 bits per heavy atom. The van der Waals surface area contributed by atoms with Crippen molar-refractivity contribution in [3.63, 3.8) is 0 Å². The van der Waals surface area contributed by atoms with Crippen LogP contribution >= 0.6 is 0 Å². The van der Waals surface area contributed by atoms with E-state index in [4.69, 9.17) is 9.47 Å². The van der Waals surface area contributed by atoms with Crippen LogP contribution in [-0.2, 0) is 4.74 Å². The lowest BCUT2D eigenvalue weighted by Gasteiger charge is -2.07. The number of rotatable bonds is 5. The molecule has 0 saturated heterocycles. The average Bonchev–Trinajstić information content (AvgIpc) is 2.34. The first-order chi connectivity index (χ1) is 7.90. The summed E-state index contributed by atoms with van der Waals surface area (Å²) in [7, 11) is 0. The smallest absolute Gasteiger partial charge is 0.120 e. The molecule has 0 N–H and O–H groups in total. The third-order valence-corrected chi connectivity index (χ3v) is 2.42. The van der Waals surface area contributed by atoms with E-state index in [1.165, 1.54) is 10.8 Å². The van der Waals surface area contributed by atoms with Crippen molar-refractivity contribution in [3.05, 3.63) is 42.5 Å². The molecule has 2 aromatic rings. The standard InChI is InChI=1S/C14H16O2/c1-2-15-9-10-16-14-8-7-12-5-3-4-6-13(12)11-14/h3-8,11H,2,9-10H2,1H3. The van der Waals surface area contributed by atoms with E-state index in [-0.39, 0.29) is 0 Å². The molecular weight excluding hydrogens is 200 g/mol. The molecule has 2 aromatic carbocycles. The summed E-state index contributed by atoms with van der Waals surface area (Å²) in [4.78, 5) is 0. The third kappa shape index (κ3) is 2.74. The van der Waals surface area contributed by atoms with Crippen molar-refractivity contribution in [2.45, 2.75) is 6.92 Å². The molecule has 2 nitrogen and oxygen atoms in total. The van der Waals surface area contributed by atoms with E-state index in [1.807, 2.05) is 25.1 Å². The number of hydrogen-bond donors (Lipinski definition) is 0. The van der Waals surface area contributed by atoms with Crippen LogP contribution in [0.3, 0.4) is 0 Å². The Morgan fingerprint density at radius 2 is 1.75 bits per heavy atom. The molecule has 84 valence electrons. The molecule has 0 saturated carbocycles. The number of ether oxygens (including phenoxy) is 2. The Hall–Kier alpha value is -1.54. The van der Waals surface area contributed by atoms with Gasteiger partial charge in [0.25, 0.3) is 0 Å². The summed E-state index contributed by atoms with van der Waals surface area (Å²) < 4.78 is 10.8. The minimum absolute atomic E-state index is 0.603. The molecule has 0 atom stereocenters. The molecule has 0 aromatic heterocycles. The van der Waals surface area contributed by atoms with E-state index < -0.39 is 0 Å². The molecule has 16 heavy (non-hydrogen) atoms. The Balaban J connectivity index is 2.02. The van der Waals surface area contributed by atoms with Gasteiger partial charge in [0.05, 0.1) is 6.61 Å². The molecule has 2 rings (SSSR count). The van der Waals surface area contributed by atoms with Gasteiger partial charge in [-0.05, 0) is 29.8 Å². The van der Waals surface area contributed by atoms with Crippen molar-refractivity contribution in [2.24, 2.45) is 0 Å². The first-order valence-electron chi connectivity index (χ1n) is 5.59. The van der Waals surface area contributed by atoms with Crippen LogP contribution in [-0.4, -0.2) is 19.8 Å². The Bertz CT molecular complexity index is 451. The predicted molar refractivity (Wildman–Crippen MR) is 65.9 cm³/mol. The molecule has 2 heteroatoms. The first kappa shape index (κ1) is 11.0. The van der Waals surface area contributed by atoms with Gasteiger partial charge in [-0.3, -0.25) is 0 Å². The van der Waals surface area contributed by atoms with Gasteiger partial charge in [0.2, 0.25) is 0 Å². The van der Waals surface area contributed by atoms with E-state index in [0.29, 0.717) is 13.2 Å². The summed E-state index contributed by atoms with van der Waals surface area (Å²) in [6, 6.07) is 14.4. The molecule has 0 aliphatic heterocycles. The van der Waals surface area contributed by atoms with Crippen molar-refractivity contribution in [2.75, 3.05) is 19.8 Å². The van der Waals surface area contributed by atoms with Crippen LogP contribution in [0, 0.1) is 0 Å². The van der Waals surface area contributed by atoms with Crippen LogP contribution in [0.15, 0.2) is 42.5 Å². The maximum absolute atomic E-state index is 5.59. The number of benzene rings is 2. The molecule has 0 bridgehead atoms. The average molecular weight is 216 g/mol. The lowest BCUT2D eigenvalue weighted by atomic mass is 10.1. The van der Waals surface area contributed by atoms with Crippen molar-refractivity contribution < 1.29 is 9.47 Å². The van der Waals surface area contributed by atoms with Crippen LogP contribution in [0.5, 0.6) is 5.75 Å². The van der Waals surface area contributed by atoms with Crippen molar-refractivity contribution in [1.82, 2.24) is 0 Å². The highest BCUT2D eigenvalue weighted by atomic mass is 16.5. The van der Waals surface area contributed by atoms with Gasteiger partial charge >= 0.3 is 0 Å². The Labute approximate surface area is 95.8 Å². The van der Waals surface area contributed by atoms with Crippen LogP contribution in [0.1, 0.15) is 6.92 Å². The molecule has 0 aliphatic rings. The summed E-state index contributed by atoms with van der Waals surface area (Å²) in [5, 5.41) is 2.44. The molecule has 0 amide bonds. The second kappa shape index (κ2) is 5.52. The monoisotopic (exact) mass is 216 g/mol. The zero-order valence-corrected chi connectivity index (χ0v) is 9.48. The molecule has 0 heterocycles. The van der Waals surface area contributed by atoms with E-state index >= 15 is 0 Å². The summed E-state index contributed by atoms with van der Waals surface area (Å²) in [5.41, 5.74) is 0. The molecule has 0 unspecified atom stereocenters. The topological polar surface area (TPSA) is 18.5 Å². The van der Waals surface area contributed by atoms with Gasteiger partial charge < -0.3 is 9.47 Å². The van der Waals surface area contributed by atoms with E-state index in [9.17, 15) is 0 Å². The highest BCUT2D eigenvalue weighted by Gasteiger charge is 1.96. The van der Waals surface area contributed by atoms with Gasteiger partial charge in [0.15, 0.2) is 0 Å². The van der Waals surface area contributed by atoms with Gasteiger partial charge in [-0.2, -0.15) is 0 Å². The largest absolute Gasteiger partial charge is 0.491 e. The fourth-order valence-corrected chi connectivity index (χ4v) is 1.62. The Morgan fingerprint density at radius 3 is 2.56 bits per heavy atom. The lowest BCUT2D eigenvalue weighted by Crippen LogP contribution is -2.06. The van der Waals surface area contributed by atoms with Gasteiger partial charge in [-0.25, -0.2) is 0 Å². The quantitative estimate of drug-likeness (QED) is 0.714. The van der Waals surface area contributed by atoms with E-state index in [1.54, 1.807) is 0 Å². The maximum Gasteiger partial charge on any atom is 0.120 e. The van der Waals surface area contributed by atoms with Gasteiger partial charge in [0, 0.05) is 6.61 Å². The highest BCUT2D eigenvalue weighted by molar-refractivity contribution is 5.83. The molecular formula is C14H16O2. The maximum atomic E-state index is 5.59. The predicted octanol–water partition coefficient (Wildman–Crippen LogP) is 3.26. The van der Waals surface area contributed by atoms with Crippen LogP contribution in [0.2, 0.25) is 0 Å². The van der Waals surface area contributed by atoms with Crippen molar-refractivity contribution >= 4 is 10.8 Å². The van der Waals surface area contributed by atoms with Crippen LogP contribution in [0.25, 0.3) is 10.8 Å². The van der Waals surface area contributed by atoms with E-state index in [0.717, 1.165) is 12.4 Å². The van der Waals surface area contributed by atoms with Crippen molar-refractivity contribution in [3.8, 4) is 5.75 Å².